The fourth-order valence-electron chi connectivity index (χ4n) is 2.74. The first kappa shape index (κ1) is 14.9. The second-order valence-corrected chi connectivity index (χ2v) is 5.63. The fourth-order valence-corrected chi connectivity index (χ4v) is 2.74. The van der Waals surface area contributed by atoms with E-state index in [0.717, 1.165) is 24.9 Å². The molecule has 3 heteroatoms. The zero-order valence-electron chi connectivity index (χ0n) is 11.7. The molecule has 17 heavy (non-hydrogen) atoms. The summed E-state index contributed by atoms with van der Waals surface area (Å²) in [5.41, 5.74) is 6.20. The van der Waals surface area contributed by atoms with Crippen molar-refractivity contribution in [3.63, 3.8) is 0 Å². The lowest BCUT2D eigenvalue weighted by atomic mass is 9.73. The lowest BCUT2D eigenvalue weighted by Gasteiger charge is -2.36. The highest BCUT2D eigenvalue weighted by Gasteiger charge is 2.29. The molecule has 0 aliphatic heterocycles. The molecule has 1 fully saturated rings. The number of ether oxygens (including phenoxy) is 2. The summed E-state index contributed by atoms with van der Waals surface area (Å²) < 4.78 is 10.5. The van der Waals surface area contributed by atoms with Gasteiger partial charge in [-0.25, -0.2) is 0 Å². The van der Waals surface area contributed by atoms with E-state index in [4.69, 9.17) is 15.2 Å². The van der Waals surface area contributed by atoms with Gasteiger partial charge in [0.05, 0.1) is 13.2 Å². The van der Waals surface area contributed by atoms with Crippen LogP contribution in [0.25, 0.3) is 0 Å². The lowest BCUT2D eigenvalue weighted by molar-refractivity contribution is 0.0549. The number of hydrogen-bond donors (Lipinski definition) is 1. The summed E-state index contributed by atoms with van der Waals surface area (Å²) in [7, 11) is 1.70. The molecule has 0 aromatic heterocycles. The summed E-state index contributed by atoms with van der Waals surface area (Å²) in [4.78, 5) is 0. The molecular formula is C14H29NO2. The molecule has 0 amide bonds. The molecule has 3 atom stereocenters. The van der Waals surface area contributed by atoms with Crippen molar-refractivity contribution in [2.45, 2.75) is 45.6 Å². The molecule has 1 aliphatic rings. The average Bonchev–Trinajstić information content (AvgIpc) is 2.30. The summed E-state index contributed by atoms with van der Waals surface area (Å²) in [6.07, 6.45) is 4.88. The number of hydrogen-bond acceptors (Lipinski definition) is 3. The number of nitrogens with two attached hydrogens (primary N) is 1. The molecule has 102 valence electrons. The van der Waals surface area contributed by atoms with Gasteiger partial charge in [0.15, 0.2) is 0 Å². The van der Waals surface area contributed by atoms with E-state index in [-0.39, 0.29) is 0 Å². The van der Waals surface area contributed by atoms with Crippen molar-refractivity contribution in [1.82, 2.24) is 0 Å². The maximum atomic E-state index is 6.20. The highest BCUT2D eigenvalue weighted by atomic mass is 16.5. The van der Waals surface area contributed by atoms with Gasteiger partial charge in [0.25, 0.3) is 0 Å². The molecule has 0 heterocycles. The maximum absolute atomic E-state index is 6.20. The minimum atomic E-state index is 0.385. The van der Waals surface area contributed by atoms with Crippen molar-refractivity contribution in [3.05, 3.63) is 0 Å². The van der Waals surface area contributed by atoms with Gasteiger partial charge in [-0.1, -0.05) is 13.8 Å². The van der Waals surface area contributed by atoms with Crippen LogP contribution in [-0.4, -0.2) is 33.0 Å². The SMILES string of the molecule is COCCOCCC1CC(C(C)C)CCC1N. The van der Waals surface area contributed by atoms with Crippen molar-refractivity contribution < 1.29 is 9.47 Å². The Hall–Kier alpha value is -0.120. The maximum Gasteiger partial charge on any atom is 0.0700 e. The second kappa shape index (κ2) is 8.06. The first-order chi connectivity index (χ1) is 8.15. The minimum Gasteiger partial charge on any atom is -0.382 e. The Morgan fingerprint density at radius 2 is 1.94 bits per heavy atom. The monoisotopic (exact) mass is 243 g/mol. The molecule has 1 rings (SSSR count). The van der Waals surface area contributed by atoms with Crippen molar-refractivity contribution in [1.29, 1.82) is 0 Å². The fraction of sp³-hybridized carbons (Fsp3) is 1.00. The van der Waals surface area contributed by atoms with Gasteiger partial charge in [-0.05, 0) is 43.4 Å². The first-order valence-corrected chi connectivity index (χ1v) is 6.97. The summed E-state index contributed by atoms with van der Waals surface area (Å²) in [6, 6.07) is 0.385. The molecule has 3 nitrogen and oxygen atoms in total. The van der Waals surface area contributed by atoms with Gasteiger partial charge in [-0.2, -0.15) is 0 Å². The van der Waals surface area contributed by atoms with Crippen LogP contribution in [0.1, 0.15) is 39.5 Å². The summed E-state index contributed by atoms with van der Waals surface area (Å²) >= 11 is 0. The van der Waals surface area contributed by atoms with Crippen LogP contribution in [0.15, 0.2) is 0 Å². The Bertz CT molecular complexity index is 197. The van der Waals surface area contributed by atoms with E-state index < -0.39 is 0 Å². The van der Waals surface area contributed by atoms with Crippen LogP contribution in [0, 0.1) is 17.8 Å². The van der Waals surface area contributed by atoms with Crippen LogP contribution in [0.2, 0.25) is 0 Å². The van der Waals surface area contributed by atoms with Crippen molar-refractivity contribution in [2.75, 3.05) is 26.9 Å². The van der Waals surface area contributed by atoms with Crippen LogP contribution < -0.4 is 5.73 Å². The Balaban J connectivity index is 2.20. The predicted octanol–water partition coefficient (Wildman–Crippen LogP) is 2.44. The van der Waals surface area contributed by atoms with Crippen molar-refractivity contribution in [3.8, 4) is 0 Å². The van der Waals surface area contributed by atoms with E-state index in [1.165, 1.54) is 19.3 Å². The summed E-state index contributed by atoms with van der Waals surface area (Å²) in [6.45, 7) is 6.87. The third-order valence-electron chi connectivity index (χ3n) is 4.09. The average molecular weight is 243 g/mol. The molecular weight excluding hydrogens is 214 g/mol. The van der Waals surface area contributed by atoms with Crippen LogP contribution in [0.3, 0.4) is 0 Å². The molecule has 0 radical (unpaired) electrons. The summed E-state index contributed by atoms with van der Waals surface area (Å²) in [5.74, 6) is 2.30. The van der Waals surface area contributed by atoms with Crippen LogP contribution >= 0.6 is 0 Å². The number of methoxy groups -OCH3 is 1. The molecule has 2 N–H and O–H groups in total. The van der Waals surface area contributed by atoms with E-state index in [2.05, 4.69) is 13.8 Å². The van der Waals surface area contributed by atoms with Gasteiger partial charge in [0.1, 0.15) is 0 Å². The van der Waals surface area contributed by atoms with Crippen LogP contribution in [0.5, 0.6) is 0 Å². The molecule has 0 aromatic carbocycles. The second-order valence-electron chi connectivity index (χ2n) is 5.63. The third-order valence-corrected chi connectivity index (χ3v) is 4.09. The Morgan fingerprint density at radius 3 is 2.59 bits per heavy atom. The van der Waals surface area contributed by atoms with Gasteiger partial charge in [0.2, 0.25) is 0 Å². The smallest absolute Gasteiger partial charge is 0.0700 e. The summed E-state index contributed by atoms with van der Waals surface area (Å²) in [5, 5.41) is 0. The number of rotatable bonds is 7. The van der Waals surface area contributed by atoms with E-state index in [1.807, 2.05) is 0 Å². The molecule has 1 aliphatic carbocycles. The third kappa shape index (κ3) is 5.36. The molecule has 3 unspecified atom stereocenters. The van der Waals surface area contributed by atoms with Crippen LogP contribution in [-0.2, 0) is 9.47 Å². The zero-order valence-corrected chi connectivity index (χ0v) is 11.7. The first-order valence-electron chi connectivity index (χ1n) is 6.97. The highest BCUT2D eigenvalue weighted by molar-refractivity contribution is 4.83. The predicted molar refractivity (Wildman–Crippen MR) is 71.0 cm³/mol. The van der Waals surface area contributed by atoms with Gasteiger partial charge in [0, 0.05) is 19.8 Å². The zero-order chi connectivity index (χ0) is 12.7. The largest absolute Gasteiger partial charge is 0.382 e. The molecule has 0 aromatic rings. The Labute approximate surface area is 106 Å². The minimum absolute atomic E-state index is 0.385. The highest BCUT2D eigenvalue weighted by Crippen LogP contribution is 2.34. The van der Waals surface area contributed by atoms with Crippen molar-refractivity contribution in [2.24, 2.45) is 23.5 Å². The van der Waals surface area contributed by atoms with Gasteiger partial charge >= 0.3 is 0 Å². The lowest BCUT2D eigenvalue weighted by Crippen LogP contribution is -2.38. The van der Waals surface area contributed by atoms with E-state index in [1.54, 1.807) is 7.11 Å². The quantitative estimate of drug-likeness (QED) is 0.699. The standard InChI is InChI=1S/C14H29NO2/c1-11(2)12-4-5-14(15)13(10-12)6-7-17-9-8-16-3/h11-14H,4-10,15H2,1-3H3. The molecule has 0 bridgehead atoms. The topological polar surface area (TPSA) is 44.5 Å². The van der Waals surface area contributed by atoms with E-state index >= 15 is 0 Å². The van der Waals surface area contributed by atoms with Gasteiger partial charge < -0.3 is 15.2 Å². The van der Waals surface area contributed by atoms with E-state index in [0.29, 0.717) is 25.2 Å². The van der Waals surface area contributed by atoms with Gasteiger partial charge in [-0.3, -0.25) is 0 Å². The Morgan fingerprint density at radius 1 is 1.18 bits per heavy atom. The van der Waals surface area contributed by atoms with Gasteiger partial charge in [-0.15, -0.1) is 0 Å². The Kier molecular flexibility index (Phi) is 7.09. The van der Waals surface area contributed by atoms with Crippen LogP contribution in [0.4, 0.5) is 0 Å². The molecule has 0 saturated heterocycles. The van der Waals surface area contributed by atoms with Crippen molar-refractivity contribution >= 4 is 0 Å². The molecule has 0 spiro atoms. The van der Waals surface area contributed by atoms with E-state index in [9.17, 15) is 0 Å². The molecule has 1 saturated carbocycles. The normalized spacial score (nSPS) is 29.8.